The van der Waals surface area contributed by atoms with Crippen molar-refractivity contribution in [3.63, 3.8) is 0 Å². The van der Waals surface area contributed by atoms with Gasteiger partial charge >= 0.3 is 0 Å². The summed E-state index contributed by atoms with van der Waals surface area (Å²) in [6.45, 7) is 7.38. The summed E-state index contributed by atoms with van der Waals surface area (Å²) >= 11 is 0. The number of imidazole rings is 1. The zero-order valence-corrected chi connectivity index (χ0v) is 15.9. The molecule has 0 amide bonds. The topological polar surface area (TPSA) is 63.9 Å². The largest absolute Gasteiger partial charge is 0.382 e. The van der Waals surface area contributed by atoms with Crippen LogP contribution in [0.3, 0.4) is 0 Å². The van der Waals surface area contributed by atoms with E-state index in [0.29, 0.717) is 25.2 Å². The molecule has 1 saturated heterocycles. The van der Waals surface area contributed by atoms with Crippen LogP contribution in [-0.4, -0.2) is 74.0 Å². The third-order valence-corrected chi connectivity index (χ3v) is 4.77. The Morgan fingerprint density at radius 2 is 2.20 bits per heavy atom. The maximum atomic E-state index is 5.49. The van der Waals surface area contributed by atoms with E-state index in [0.717, 1.165) is 51.5 Å². The van der Waals surface area contributed by atoms with Crippen molar-refractivity contribution in [2.24, 2.45) is 10.9 Å². The van der Waals surface area contributed by atoms with Crippen molar-refractivity contribution >= 4 is 5.96 Å². The van der Waals surface area contributed by atoms with Gasteiger partial charge in [0, 0.05) is 52.8 Å². The second kappa shape index (κ2) is 11.1. The molecule has 0 saturated carbocycles. The van der Waals surface area contributed by atoms with Crippen molar-refractivity contribution in [1.82, 2.24) is 19.8 Å². The second-order valence-electron chi connectivity index (χ2n) is 6.58. The van der Waals surface area contributed by atoms with Gasteiger partial charge < -0.3 is 24.3 Å². The zero-order valence-electron chi connectivity index (χ0n) is 15.9. The molecule has 7 nitrogen and oxygen atoms in total. The van der Waals surface area contributed by atoms with Crippen LogP contribution >= 0.6 is 0 Å². The number of aromatic nitrogens is 2. The lowest BCUT2D eigenvalue weighted by molar-refractivity contribution is 0.0689. The lowest BCUT2D eigenvalue weighted by Crippen LogP contribution is -2.49. The molecule has 1 aliphatic heterocycles. The van der Waals surface area contributed by atoms with E-state index in [1.165, 1.54) is 0 Å². The number of unbranched alkanes of at least 4 members (excludes halogenated alkanes) is 1. The number of methoxy groups -OCH3 is 1. The van der Waals surface area contributed by atoms with Gasteiger partial charge in [-0.2, -0.15) is 0 Å². The smallest absolute Gasteiger partial charge is 0.193 e. The maximum Gasteiger partial charge on any atom is 0.193 e. The van der Waals surface area contributed by atoms with Crippen molar-refractivity contribution in [2.75, 3.05) is 53.6 Å². The van der Waals surface area contributed by atoms with Crippen LogP contribution in [0.5, 0.6) is 0 Å². The van der Waals surface area contributed by atoms with Crippen LogP contribution in [0.25, 0.3) is 0 Å². The van der Waals surface area contributed by atoms with Gasteiger partial charge in [-0.25, -0.2) is 4.98 Å². The van der Waals surface area contributed by atoms with E-state index < -0.39 is 0 Å². The van der Waals surface area contributed by atoms with Gasteiger partial charge in [0.2, 0.25) is 0 Å². The molecule has 2 heterocycles. The molecule has 7 heteroatoms. The molecule has 0 bridgehead atoms. The molecule has 0 spiro atoms. The van der Waals surface area contributed by atoms with Crippen molar-refractivity contribution < 1.29 is 9.47 Å². The number of guanidine groups is 1. The molecule has 1 N–H and O–H groups in total. The fourth-order valence-corrected chi connectivity index (χ4v) is 3.20. The molecule has 2 atom stereocenters. The Labute approximate surface area is 151 Å². The van der Waals surface area contributed by atoms with Crippen LogP contribution in [0.4, 0.5) is 0 Å². The van der Waals surface area contributed by atoms with Gasteiger partial charge in [0.25, 0.3) is 0 Å². The lowest BCUT2D eigenvalue weighted by atomic mass is 9.93. The summed E-state index contributed by atoms with van der Waals surface area (Å²) < 4.78 is 12.7. The van der Waals surface area contributed by atoms with E-state index in [1.54, 1.807) is 7.11 Å². The molecule has 142 valence electrons. The van der Waals surface area contributed by atoms with Crippen molar-refractivity contribution in [3.05, 3.63) is 18.7 Å². The van der Waals surface area contributed by atoms with Gasteiger partial charge in [0.05, 0.1) is 25.6 Å². The van der Waals surface area contributed by atoms with Crippen LogP contribution in [0.1, 0.15) is 32.2 Å². The predicted molar refractivity (Wildman–Crippen MR) is 99.9 cm³/mol. The Hall–Kier alpha value is -1.60. The summed E-state index contributed by atoms with van der Waals surface area (Å²) in [4.78, 5) is 11.0. The summed E-state index contributed by atoms with van der Waals surface area (Å²) in [5.41, 5.74) is 0. The standard InChI is InChI=1S/C18H33N5O2/c1-16-6-9-22(14-17(16)23-10-8-20-15-23)18(19-2)21-7-4-5-11-25-13-12-24-3/h8,10,15-17H,4-7,9,11-14H2,1-3H3,(H,19,21). The minimum Gasteiger partial charge on any atom is -0.382 e. The number of hydrogen-bond acceptors (Lipinski definition) is 4. The van der Waals surface area contributed by atoms with E-state index in [-0.39, 0.29) is 0 Å². The molecule has 1 aromatic heterocycles. The van der Waals surface area contributed by atoms with Crippen LogP contribution in [0.2, 0.25) is 0 Å². The number of likely N-dealkylation sites (tertiary alicyclic amines) is 1. The summed E-state index contributed by atoms with van der Waals surface area (Å²) in [5.74, 6) is 1.64. The minimum absolute atomic E-state index is 0.448. The highest BCUT2D eigenvalue weighted by atomic mass is 16.5. The van der Waals surface area contributed by atoms with E-state index in [1.807, 2.05) is 19.6 Å². The zero-order chi connectivity index (χ0) is 17.9. The number of rotatable bonds is 9. The average molecular weight is 351 g/mol. The highest BCUT2D eigenvalue weighted by Gasteiger charge is 2.28. The molecule has 25 heavy (non-hydrogen) atoms. The van der Waals surface area contributed by atoms with Gasteiger partial charge in [0.15, 0.2) is 5.96 Å². The molecule has 2 unspecified atom stereocenters. The number of piperidine rings is 1. The third kappa shape index (κ3) is 6.32. The summed E-state index contributed by atoms with van der Waals surface area (Å²) in [6, 6.07) is 0.448. The predicted octanol–water partition coefficient (Wildman–Crippen LogP) is 1.78. The van der Waals surface area contributed by atoms with Crippen molar-refractivity contribution in [3.8, 4) is 0 Å². The Morgan fingerprint density at radius 1 is 1.32 bits per heavy atom. The fourth-order valence-electron chi connectivity index (χ4n) is 3.20. The maximum absolute atomic E-state index is 5.49. The number of hydrogen-bond donors (Lipinski definition) is 1. The van der Waals surface area contributed by atoms with Crippen LogP contribution in [0, 0.1) is 5.92 Å². The van der Waals surface area contributed by atoms with Crippen molar-refractivity contribution in [2.45, 2.75) is 32.2 Å². The van der Waals surface area contributed by atoms with E-state index in [4.69, 9.17) is 9.47 Å². The monoisotopic (exact) mass is 351 g/mol. The lowest BCUT2D eigenvalue weighted by Gasteiger charge is -2.39. The molecule has 0 aliphatic carbocycles. The SMILES string of the molecule is CN=C(NCCCCOCCOC)N1CCC(C)C(n2ccnc2)C1. The van der Waals surface area contributed by atoms with E-state index in [2.05, 4.69) is 37.9 Å². The van der Waals surface area contributed by atoms with Gasteiger partial charge in [-0.15, -0.1) is 0 Å². The summed E-state index contributed by atoms with van der Waals surface area (Å²) in [5, 5.41) is 3.49. The third-order valence-electron chi connectivity index (χ3n) is 4.77. The molecular formula is C18H33N5O2. The summed E-state index contributed by atoms with van der Waals surface area (Å²) in [7, 11) is 3.55. The van der Waals surface area contributed by atoms with Crippen LogP contribution < -0.4 is 5.32 Å². The first-order chi connectivity index (χ1) is 12.3. The highest BCUT2D eigenvalue weighted by Crippen LogP contribution is 2.27. The molecule has 0 aromatic carbocycles. The number of nitrogens with one attached hydrogen (secondary N) is 1. The number of aliphatic imine (C=N–C) groups is 1. The molecule has 1 aliphatic rings. The average Bonchev–Trinajstić information content (AvgIpc) is 3.16. The summed E-state index contributed by atoms with van der Waals surface area (Å²) in [6.07, 6.45) is 9.11. The van der Waals surface area contributed by atoms with Gasteiger partial charge in [-0.1, -0.05) is 6.92 Å². The highest BCUT2D eigenvalue weighted by molar-refractivity contribution is 5.80. The number of ether oxygens (including phenoxy) is 2. The van der Waals surface area contributed by atoms with E-state index >= 15 is 0 Å². The van der Waals surface area contributed by atoms with E-state index in [9.17, 15) is 0 Å². The first-order valence-electron chi connectivity index (χ1n) is 9.26. The van der Waals surface area contributed by atoms with Gasteiger partial charge in [0.1, 0.15) is 0 Å². The molecule has 0 radical (unpaired) electrons. The first-order valence-corrected chi connectivity index (χ1v) is 9.26. The van der Waals surface area contributed by atoms with Gasteiger partial charge in [-0.05, 0) is 25.2 Å². The second-order valence-corrected chi connectivity index (χ2v) is 6.58. The molecule has 2 rings (SSSR count). The molecule has 1 aromatic rings. The van der Waals surface area contributed by atoms with Crippen molar-refractivity contribution in [1.29, 1.82) is 0 Å². The number of nitrogens with zero attached hydrogens (tertiary/aromatic N) is 4. The quantitative estimate of drug-likeness (QED) is 0.417. The minimum atomic E-state index is 0.448. The molecular weight excluding hydrogens is 318 g/mol. The Kier molecular flexibility index (Phi) is 8.76. The first kappa shape index (κ1) is 19.7. The van der Waals surface area contributed by atoms with Gasteiger partial charge in [-0.3, -0.25) is 4.99 Å². The molecule has 1 fully saturated rings. The van der Waals surface area contributed by atoms with Crippen LogP contribution in [-0.2, 0) is 9.47 Å². The Balaban J connectivity index is 1.71. The van der Waals surface area contributed by atoms with Crippen LogP contribution in [0.15, 0.2) is 23.7 Å². The fraction of sp³-hybridized carbons (Fsp3) is 0.778. The Morgan fingerprint density at radius 3 is 2.92 bits per heavy atom. The normalized spacial score (nSPS) is 21.6. The Bertz CT molecular complexity index is 492.